The molecule has 5 heteroatoms. The van der Waals surface area contributed by atoms with E-state index in [1.165, 1.54) is 0 Å². The Morgan fingerprint density at radius 1 is 1.21 bits per heavy atom. The van der Waals surface area contributed by atoms with Crippen molar-refractivity contribution in [3.63, 3.8) is 0 Å². The van der Waals surface area contributed by atoms with Crippen molar-refractivity contribution in [1.82, 2.24) is 5.32 Å². The molecule has 1 aromatic rings. The van der Waals surface area contributed by atoms with Gasteiger partial charge in [0.25, 0.3) is 0 Å². The zero-order valence-electron chi connectivity index (χ0n) is 11.4. The van der Waals surface area contributed by atoms with Crippen LogP contribution in [-0.2, 0) is 6.54 Å². The summed E-state index contributed by atoms with van der Waals surface area (Å²) in [6.45, 7) is 6.94. The summed E-state index contributed by atoms with van der Waals surface area (Å²) in [6.07, 6.45) is 0.733. The smallest absolute Gasteiger partial charge is 0.0746 e. The van der Waals surface area contributed by atoms with Crippen molar-refractivity contribution in [1.29, 1.82) is 0 Å². The van der Waals surface area contributed by atoms with Crippen molar-refractivity contribution < 1.29 is 5.11 Å². The summed E-state index contributed by atoms with van der Waals surface area (Å²) < 4.78 is 0. The maximum absolute atomic E-state index is 10.2. The molecule has 0 fully saturated rings. The lowest BCUT2D eigenvalue weighted by molar-refractivity contribution is 0.0383. The summed E-state index contributed by atoms with van der Waals surface area (Å²) in [4.78, 5) is 0. The number of benzene rings is 1. The predicted molar refractivity (Wildman–Crippen MR) is 83.3 cm³/mol. The lowest BCUT2D eigenvalue weighted by Gasteiger charge is -2.26. The molecule has 0 heterocycles. The average molecular weight is 325 g/mol. The highest BCUT2D eigenvalue weighted by atomic mass is 35.5. The van der Waals surface area contributed by atoms with Gasteiger partial charge in [0.05, 0.1) is 15.6 Å². The molecule has 0 amide bonds. The van der Waals surface area contributed by atoms with Crippen LogP contribution in [0.1, 0.15) is 32.8 Å². The van der Waals surface area contributed by atoms with Gasteiger partial charge in [0.15, 0.2) is 0 Å². The largest absolute Gasteiger partial charge is 0.389 e. The first-order chi connectivity index (χ1) is 8.73. The van der Waals surface area contributed by atoms with Crippen LogP contribution in [0, 0.1) is 5.92 Å². The number of hydrogen-bond donors (Lipinski definition) is 2. The van der Waals surface area contributed by atoms with E-state index in [2.05, 4.69) is 19.2 Å². The van der Waals surface area contributed by atoms with Crippen molar-refractivity contribution in [2.75, 3.05) is 6.54 Å². The molecule has 0 aromatic heterocycles. The molecule has 0 radical (unpaired) electrons. The van der Waals surface area contributed by atoms with E-state index in [9.17, 15) is 5.11 Å². The Labute approximate surface area is 130 Å². The van der Waals surface area contributed by atoms with Gasteiger partial charge in [-0.05, 0) is 31.4 Å². The van der Waals surface area contributed by atoms with Gasteiger partial charge < -0.3 is 10.4 Å². The van der Waals surface area contributed by atoms with Gasteiger partial charge in [0, 0.05) is 23.7 Å². The first-order valence-electron chi connectivity index (χ1n) is 6.28. The molecule has 108 valence electrons. The molecule has 0 saturated heterocycles. The van der Waals surface area contributed by atoms with Gasteiger partial charge in [-0.3, -0.25) is 0 Å². The van der Waals surface area contributed by atoms with E-state index in [-0.39, 0.29) is 0 Å². The van der Waals surface area contributed by atoms with E-state index in [0.29, 0.717) is 34.1 Å². The molecular formula is C14H20Cl3NO. The van der Waals surface area contributed by atoms with Crippen LogP contribution in [0.5, 0.6) is 0 Å². The maximum atomic E-state index is 10.2. The van der Waals surface area contributed by atoms with Crippen molar-refractivity contribution in [2.24, 2.45) is 5.92 Å². The van der Waals surface area contributed by atoms with Crippen LogP contribution < -0.4 is 5.32 Å². The third-order valence-electron chi connectivity index (χ3n) is 2.79. The molecule has 1 aromatic carbocycles. The number of halogens is 3. The first kappa shape index (κ1) is 17.1. The van der Waals surface area contributed by atoms with Crippen molar-refractivity contribution in [2.45, 2.75) is 39.3 Å². The summed E-state index contributed by atoms with van der Waals surface area (Å²) in [5, 5.41) is 14.9. The van der Waals surface area contributed by atoms with Gasteiger partial charge in [-0.1, -0.05) is 48.7 Å². The molecule has 1 unspecified atom stereocenters. The van der Waals surface area contributed by atoms with E-state index in [1.807, 2.05) is 6.92 Å². The topological polar surface area (TPSA) is 32.3 Å². The summed E-state index contributed by atoms with van der Waals surface area (Å²) in [5.74, 6) is 0.440. The molecule has 0 bridgehead atoms. The van der Waals surface area contributed by atoms with Gasteiger partial charge in [-0.2, -0.15) is 0 Å². The summed E-state index contributed by atoms with van der Waals surface area (Å²) in [6, 6.07) is 3.39. The zero-order valence-corrected chi connectivity index (χ0v) is 13.7. The van der Waals surface area contributed by atoms with Crippen LogP contribution in [0.15, 0.2) is 12.1 Å². The second-order valence-corrected chi connectivity index (χ2v) is 6.71. The molecule has 0 spiro atoms. The minimum atomic E-state index is -0.744. The van der Waals surface area contributed by atoms with Gasteiger partial charge in [0.2, 0.25) is 0 Å². The van der Waals surface area contributed by atoms with Gasteiger partial charge in [-0.25, -0.2) is 0 Å². The van der Waals surface area contributed by atoms with E-state index in [1.54, 1.807) is 12.1 Å². The van der Waals surface area contributed by atoms with Crippen molar-refractivity contribution in [3.05, 3.63) is 32.8 Å². The molecular weight excluding hydrogens is 305 g/mol. The molecule has 2 N–H and O–H groups in total. The Bertz CT molecular complexity index is 433. The Kier molecular flexibility index (Phi) is 6.41. The highest BCUT2D eigenvalue weighted by molar-refractivity contribution is 6.44. The van der Waals surface area contributed by atoms with Crippen LogP contribution in [0.3, 0.4) is 0 Å². The number of aliphatic hydroxyl groups is 1. The average Bonchev–Trinajstić information content (AvgIpc) is 2.26. The first-order valence-corrected chi connectivity index (χ1v) is 7.42. The normalized spacial score (nSPS) is 14.7. The molecule has 0 saturated carbocycles. The minimum Gasteiger partial charge on any atom is -0.389 e. The molecule has 2 nitrogen and oxygen atoms in total. The lowest BCUT2D eigenvalue weighted by atomic mass is 9.94. The van der Waals surface area contributed by atoms with Crippen molar-refractivity contribution >= 4 is 34.8 Å². The Morgan fingerprint density at radius 2 is 1.79 bits per heavy atom. The van der Waals surface area contributed by atoms with Gasteiger partial charge in [-0.15, -0.1) is 0 Å². The molecule has 0 aliphatic rings. The molecule has 19 heavy (non-hydrogen) atoms. The molecule has 0 aliphatic carbocycles. The van der Waals surface area contributed by atoms with E-state index < -0.39 is 5.60 Å². The molecule has 1 atom stereocenters. The Morgan fingerprint density at radius 3 is 2.37 bits per heavy atom. The van der Waals surface area contributed by atoms with Crippen LogP contribution in [0.2, 0.25) is 15.1 Å². The summed E-state index contributed by atoms with van der Waals surface area (Å²) >= 11 is 18.2. The van der Waals surface area contributed by atoms with E-state index >= 15 is 0 Å². The third kappa shape index (κ3) is 5.49. The fourth-order valence-electron chi connectivity index (χ4n) is 2.14. The van der Waals surface area contributed by atoms with Gasteiger partial charge >= 0.3 is 0 Å². The van der Waals surface area contributed by atoms with E-state index in [0.717, 1.165) is 12.0 Å². The number of hydrogen-bond acceptors (Lipinski definition) is 2. The molecule has 0 aliphatic heterocycles. The fourth-order valence-corrected chi connectivity index (χ4v) is 2.82. The summed E-state index contributed by atoms with van der Waals surface area (Å²) in [7, 11) is 0. The second-order valence-electron chi connectivity index (χ2n) is 5.52. The highest BCUT2D eigenvalue weighted by Gasteiger charge is 2.21. The van der Waals surface area contributed by atoms with E-state index in [4.69, 9.17) is 34.8 Å². The standard InChI is InChI=1S/C14H20Cl3NO/c1-9(2)6-14(3,19)8-18-7-10-11(15)4-5-12(16)13(10)17/h4-5,9,18-19H,6-8H2,1-3H3. The monoisotopic (exact) mass is 323 g/mol. The van der Waals surface area contributed by atoms with Crippen LogP contribution in [0.4, 0.5) is 0 Å². The van der Waals surface area contributed by atoms with Crippen LogP contribution in [0.25, 0.3) is 0 Å². The van der Waals surface area contributed by atoms with Crippen LogP contribution >= 0.6 is 34.8 Å². The van der Waals surface area contributed by atoms with Crippen LogP contribution in [-0.4, -0.2) is 17.3 Å². The highest BCUT2D eigenvalue weighted by Crippen LogP contribution is 2.31. The third-order valence-corrected chi connectivity index (χ3v) is 3.99. The Hall–Kier alpha value is 0.01000. The SMILES string of the molecule is CC(C)CC(C)(O)CNCc1c(Cl)ccc(Cl)c1Cl. The quantitative estimate of drug-likeness (QED) is 0.753. The zero-order chi connectivity index (χ0) is 14.6. The summed E-state index contributed by atoms with van der Waals surface area (Å²) in [5.41, 5.74) is 0.0160. The molecule has 1 rings (SSSR count). The minimum absolute atomic E-state index is 0.440. The fraction of sp³-hybridized carbons (Fsp3) is 0.571. The predicted octanol–water partition coefficient (Wildman–Crippen LogP) is 4.53. The Balaban J connectivity index is 2.61. The number of nitrogens with one attached hydrogen (secondary N) is 1. The van der Waals surface area contributed by atoms with Gasteiger partial charge in [0.1, 0.15) is 0 Å². The number of rotatable bonds is 6. The van der Waals surface area contributed by atoms with Crippen molar-refractivity contribution in [3.8, 4) is 0 Å². The maximum Gasteiger partial charge on any atom is 0.0746 e. The second kappa shape index (κ2) is 7.14. The lowest BCUT2D eigenvalue weighted by Crippen LogP contribution is -2.38.